The molecule has 0 fully saturated rings. The average molecular weight is 494 g/mol. The minimum absolute atomic E-state index is 0.136. The molecule has 0 spiro atoms. The van der Waals surface area contributed by atoms with E-state index in [1.807, 2.05) is 29.1 Å². The third kappa shape index (κ3) is 5.84. The number of nitrogens with one attached hydrogen (secondary N) is 1. The highest BCUT2D eigenvalue weighted by Gasteiger charge is 2.14. The molecule has 0 aliphatic carbocycles. The number of thiazole rings is 1. The summed E-state index contributed by atoms with van der Waals surface area (Å²) in [5.74, 6) is 1.56. The average Bonchev–Trinajstić information content (AvgIpc) is 3.45. The zero-order valence-electron chi connectivity index (χ0n) is 19.7. The van der Waals surface area contributed by atoms with E-state index in [4.69, 9.17) is 4.74 Å². The molecular formula is C25H27N5O2S2. The van der Waals surface area contributed by atoms with Crippen LogP contribution in [0.15, 0.2) is 53.0 Å². The van der Waals surface area contributed by atoms with E-state index in [2.05, 4.69) is 71.6 Å². The maximum Gasteiger partial charge on any atom is 0.236 e. The van der Waals surface area contributed by atoms with Gasteiger partial charge in [0.2, 0.25) is 5.91 Å². The van der Waals surface area contributed by atoms with Gasteiger partial charge in [-0.25, -0.2) is 4.98 Å². The molecular weight excluding hydrogens is 466 g/mol. The quantitative estimate of drug-likeness (QED) is 0.313. The number of nitrogens with zero attached hydrogens (tertiary/aromatic N) is 4. The van der Waals surface area contributed by atoms with E-state index in [1.54, 1.807) is 0 Å². The van der Waals surface area contributed by atoms with Gasteiger partial charge >= 0.3 is 0 Å². The number of thioether (sulfide) groups is 1. The van der Waals surface area contributed by atoms with Gasteiger partial charge in [0.25, 0.3) is 0 Å². The van der Waals surface area contributed by atoms with E-state index in [0.29, 0.717) is 22.7 Å². The molecule has 1 N–H and O–H groups in total. The molecule has 0 bridgehead atoms. The molecule has 34 heavy (non-hydrogen) atoms. The van der Waals surface area contributed by atoms with E-state index in [1.165, 1.54) is 39.8 Å². The second kappa shape index (κ2) is 10.8. The number of amides is 1. The van der Waals surface area contributed by atoms with Crippen molar-refractivity contribution in [2.45, 2.75) is 39.0 Å². The summed E-state index contributed by atoms with van der Waals surface area (Å²) in [5.41, 5.74) is 5.63. The number of aryl methyl sites for hydroxylation is 3. The standard InChI is InChI=1S/C25H27N5O2S2/c1-5-18-7-10-20(11-8-18)32-13-22-28-29-25(30(22)4)34-15-23(31)27-24-26-21(14-33-24)19-9-6-16(2)17(3)12-19/h6-12,14H,5,13,15H2,1-4H3,(H,26,27,31). The largest absolute Gasteiger partial charge is 0.486 e. The highest BCUT2D eigenvalue weighted by Crippen LogP contribution is 2.27. The summed E-state index contributed by atoms with van der Waals surface area (Å²) in [7, 11) is 1.87. The predicted molar refractivity (Wildman–Crippen MR) is 138 cm³/mol. The van der Waals surface area contributed by atoms with Crippen LogP contribution in [0.4, 0.5) is 5.13 Å². The minimum atomic E-state index is -0.136. The van der Waals surface area contributed by atoms with Gasteiger partial charge in [-0.3, -0.25) is 4.79 Å². The van der Waals surface area contributed by atoms with E-state index < -0.39 is 0 Å². The Labute approximate surface area is 207 Å². The Bertz CT molecular complexity index is 1280. The predicted octanol–water partition coefficient (Wildman–Crippen LogP) is 5.43. The van der Waals surface area contributed by atoms with E-state index >= 15 is 0 Å². The fraction of sp³-hybridized carbons (Fsp3) is 0.280. The third-order valence-electron chi connectivity index (χ3n) is 5.51. The molecule has 2 heterocycles. The van der Waals surface area contributed by atoms with Crippen LogP contribution in [0.25, 0.3) is 11.3 Å². The highest BCUT2D eigenvalue weighted by molar-refractivity contribution is 7.99. The first-order chi connectivity index (χ1) is 16.4. The molecule has 2 aromatic carbocycles. The van der Waals surface area contributed by atoms with Crippen LogP contribution in [0.5, 0.6) is 5.75 Å². The number of benzene rings is 2. The summed E-state index contributed by atoms with van der Waals surface area (Å²) < 4.78 is 7.67. The maximum atomic E-state index is 12.5. The number of anilines is 1. The van der Waals surface area contributed by atoms with Gasteiger partial charge < -0.3 is 14.6 Å². The van der Waals surface area contributed by atoms with Gasteiger partial charge in [-0.2, -0.15) is 0 Å². The molecule has 9 heteroatoms. The number of ether oxygens (including phenoxy) is 1. The van der Waals surface area contributed by atoms with Crippen molar-refractivity contribution in [2.75, 3.05) is 11.1 Å². The van der Waals surface area contributed by atoms with E-state index in [9.17, 15) is 4.79 Å². The molecule has 0 saturated heterocycles. The van der Waals surface area contributed by atoms with Crippen molar-refractivity contribution in [3.8, 4) is 17.0 Å². The molecule has 4 aromatic rings. The first-order valence-electron chi connectivity index (χ1n) is 11.0. The van der Waals surface area contributed by atoms with Crippen LogP contribution in [-0.2, 0) is 24.9 Å². The summed E-state index contributed by atoms with van der Waals surface area (Å²) in [6, 6.07) is 14.3. The molecule has 0 aliphatic rings. The SMILES string of the molecule is CCc1ccc(OCc2nnc(SCC(=O)Nc3nc(-c4ccc(C)c(C)c4)cs3)n2C)cc1. The molecule has 2 aromatic heterocycles. The third-order valence-corrected chi connectivity index (χ3v) is 7.29. The number of hydrogen-bond acceptors (Lipinski definition) is 7. The van der Waals surface area contributed by atoms with Crippen LogP contribution >= 0.6 is 23.1 Å². The van der Waals surface area contributed by atoms with Gasteiger partial charge in [-0.1, -0.05) is 43.0 Å². The summed E-state index contributed by atoms with van der Waals surface area (Å²) in [4.78, 5) is 17.0. The fourth-order valence-corrected chi connectivity index (χ4v) is 4.68. The number of hydrogen-bond donors (Lipinski definition) is 1. The highest BCUT2D eigenvalue weighted by atomic mass is 32.2. The molecule has 7 nitrogen and oxygen atoms in total. The first kappa shape index (κ1) is 24.0. The summed E-state index contributed by atoms with van der Waals surface area (Å²) >= 11 is 2.74. The Hall–Kier alpha value is -3.17. The van der Waals surface area contributed by atoms with E-state index in [-0.39, 0.29) is 11.7 Å². The van der Waals surface area contributed by atoms with Crippen LogP contribution in [-0.4, -0.2) is 31.4 Å². The lowest BCUT2D eigenvalue weighted by Gasteiger charge is -2.07. The Morgan fingerprint density at radius 2 is 1.91 bits per heavy atom. The molecule has 0 radical (unpaired) electrons. The number of rotatable bonds is 9. The Balaban J connectivity index is 1.29. The number of carbonyl (C=O) groups excluding carboxylic acids is 1. The fourth-order valence-electron chi connectivity index (χ4n) is 3.22. The minimum Gasteiger partial charge on any atom is -0.486 e. The van der Waals surface area contributed by atoms with Crippen molar-refractivity contribution in [1.29, 1.82) is 0 Å². The molecule has 0 saturated carbocycles. The van der Waals surface area contributed by atoms with E-state index in [0.717, 1.165) is 23.4 Å². The lowest BCUT2D eigenvalue weighted by Crippen LogP contribution is -2.14. The first-order valence-corrected chi connectivity index (χ1v) is 12.8. The second-order valence-electron chi connectivity index (χ2n) is 7.92. The van der Waals surface area contributed by atoms with Crippen LogP contribution < -0.4 is 10.1 Å². The zero-order valence-corrected chi connectivity index (χ0v) is 21.3. The van der Waals surface area contributed by atoms with Gasteiger partial charge in [0.05, 0.1) is 11.4 Å². The van der Waals surface area contributed by atoms with Crippen LogP contribution in [0.1, 0.15) is 29.4 Å². The van der Waals surface area contributed by atoms with Crippen molar-refractivity contribution in [2.24, 2.45) is 7.05 Å². The summed E-state index contributed by atoms with van der Waals surface area (Å²) in [6.07, 6.45) is 0.994. The van der Waals surface area contributed by atoms with Crippen molar-refractivity contribution in [3.63, 3.8) is 0 Å². The topological polar surface area (TPSA) is 81.9 Å². The van der Waals surface area contributed by atoms with Crippen molar-refractivity contribution in [3.05, 3.63) is 70.4 Å². The molecule has 4 rings (SSSR count). The smallest absolute Gasteiger partial charge is 0.236 e. The normalized spacial score (nSPS) is 10.9. The molecule has 1 amide bonds. The van der Waals surface area contributed by atoms with Gasteiger partial charge in [-0.05, 0) is 55.2 Å². The van der Waals surface area contributed by atoms with Gasteiger partial charge in [0.15, 0.2) is 16.1 Å². The van der Waals surface area contributed by atoms with Crippen molar-refractivity contribution in [1.82, 2.24) is 19.7 Å². The summed E-state index contributed by atoms with van der Waals surface area (Å²) in [6.45, 7) is 6.60. The van der Waals surface area contributed by atoms with Crippen LogP contribution in [0.3, 0.4) is 0 Å². The number of carbonyl (C=O) groups is 1. The molecule has 0 unspecified atom stereocenters. The van der Waals surface area contributed by atoms with Gasteiger partial charge in [0.1, 0.15) is 12.4 Å². The summed E-state index contributed by atoms with van der Waals surface area (Å²) in [5, 5.41) is 14.5. The lowest BCUT2D eigenvalue weighted by atomic mass is 10.1. The van der Waals surface area contributed by atoms with Gasteiger partial charge in [0, 0.05) is 18.0 Å². The van der Waals surface area contributed by atoms with Crippen LogP contribution in [0.2, 0.25) is 0 Å². The Morgan fingerprint density at radius 3 is 2.65 bits per heavy atom. The second-order valence-corrected chi connectivity index (χ2v) is 9.72. The molecule has 0 aliphatic heterocycles. The molecule has 0 atom stereocenters. The van der Waals surface area contributed by atoms with Gasteiger partial charge in [-0.15, -0.1) is 21.5 Å². The zero-order chi connectivity index (χ0) is 24.1. The van der Waals surface area contributed by atoms with Crippen molar-refractivity contribution >= 4 is 34.1 Å². The monoisotopic (exact) mass is 493 g/mol. The van der Waals surface area contributed by atoms with Crippen molar-refractivity contribution < 1.29 is 9.53 Å². The van der Waals surface area contributed by atoms with Crippen LogP contribution in [0, 0.1) is 13.8 Å². The maximum absolute atomic E-state index is 12.5. The Kier molecular flexibility index (Phi) is 7.64. The number of aromatic nitrogens is 4. The lowest BCUT2D eigenvalue weighted by molar-refractivity contribution is -0.113. The Morgan fingerprint density at radius 1 is 1.12 bits per heavy atom. The molecule has 176 valence electrons.